The van der Waals surface area contributed by atoms with E-state index in [1.165, 1.54) is 6.33 Å². The average Bonchev–Trinajstić information content (AvgIpc) is 2.87. The number of anilines is 1. The van der Waals surface area contributed by atoms with Gasteiger partial charge in [0.2, 0.25) is 0 Å². The number of aromatic nitrogens is 2. The van der Waals surface area contributed by atoms with Crippen molar-refractivity contribution in [2.45, 2.75) is 52.2 Å². The molecule has 1 atom stereocenters. The van der Waals surface area contributed by atoms with Gasteiger partial charge in [-0.3, -0.25) is 4.90 Å². The highest BCUT2D eigenvalue weighted by molar-refractivity contribution is 5.69. The zero-order valence-corrected chi connectivity index (χ0v) is 13.5. The summed E-state index contributed by atoms with van der Waals surface area (Å²) in [4.78, 5) is 22.0. The van der Waals surface area contributed by atoms with Crippen molar-refractivity contribution in [2.75, 3.05) is 12.3 Å². The monoisotopic (exact) mass is 302 g/mol. The Hall–Kier alpha value is -2.29. The zero-order valence-electron chi connectivity index (χ0n) is 13.5. The Bertz CT molecular complexity index is 625. The van der Waals surface area contributed by atoms with E-state index >= 15 is 0 Å². The van der Waals surface area contributed by atoms with Gasteiger partial charge in [-0.2, -0.15) is 0 Å². The van der Waals surface area contributed by atoms with Crippen LogP contribution < -0.4 is 5.73 Å². The fourth-order valence-corrected chi connectivity index (χ4v) is 2.19. The first-order valence-electron chi connectivity index (χ1n) is 7.36. The summed E-state index contributed by atoms with van der Waals surface area (Å²) in [5.41, 5.74) is 7.09. The Morgan fingerprint density at radius 3 is 2.86 bits per heavy atom. The second-order valence-corrected chi connectivity index (χ2v) is 6.32. The molecule has 1 fully saturated rings. The van der Waals surface area contributed by atoms with Gasteiger partial charge in [0.25, 0.3) is 0 Å². The number of nitrogens with zero attached hydrogens (tertiary/aromatic N) is 3. The molecule has 1 aromatic heterocycles. The number of carbonyl (C=O) groups excluding carboxylic acids is 1. The molecule has 1 amide bonds. The van der Waals surface area contributed by atoms with Crippen LogP contribution in [0.2, 0.25) is 0 Å². The predicted molar refractivity (Wildman–Crippen MR) is 84.0 cm³/mol. The summed E-state index contributed by atoms with van der Waals surface area (Å²) in [5, 5.41) is 0. The maximum atomic E-state index is 12.2. The Morgan fingerprint density at radius 1 is 1.45 bits per heavy atom. The molecular formula is C16H22N4O2. The zero-order chi connectivity index (χ0) is 16.3. The molecule has 0 aromatic carbocycles. The molecule has 1 saturated heterocycles. The molecular weight excluding hydrogens is 280 g/mol. The van der Waals surface area contributed by atoms with E-state index in [9.17, 15) is 4.79 Å². The number of rotatable bonds is 0. The van der Waals surface area contributed by atoms with Crippen molar-refractivity contribution < 1.29 is 9.53 Å². The van der Waals surface area contributed by atoms with Crippen LogP contribution in [0.4, 0.5) is 10.5 Å². The largest absolute Gasteiger partial charge is 0.444 e. The Balaban J connectivity index is 2.14. The predicted octanol–water partition coefficient (Wildman–Crippen LogP) is 2.12. The van der Waals surface area contributed by atoms with Crippen molar-refractivity contribution in [1.29, 1.82) is 0 Å². The smallest absolute Gasteiger partial charge is 0.411 e. The first-order chi connectivity index (χ1) is 10.3. The molecule has 6 nitrogen and oxygen atoms in total. The average molecular weight is 302 g/mol. The minimum absolute atomic E-state index is 0.162. The van der Waals surface area contributed by atoms with Crippen LogP contribution in [0.3, 0.4) is 0 Å². The number of nitrogens with two attached hydrogens (primary N) is 1. The highest BCUT2D eigenvalue weighted by atomic mass is 16.6. The summed E-state index contributed by atoms with van der Waals surface area (Å²) in [6, 6.07) is -0.162. The van der Waals surface area contributed by atoms with Crippen LogP contribution in [0.25, 0.3) is 0 Å². The number of ether oxygens (including phenoxy) is 1. The fourth-order valence-electron chi connectivity index (χ4n) is 2.19. The second kappa shape index (κ2) is 6.22. The lowest BCUT2D eigenvalue weighted by Crippen LogP contribution is -2.39. The Labute approximate surface area is 131 Å². The molecule has 2 heterocycles. The minimum Gasteiger partial charge on any atom is -0.444 e. The van der Waals surface area contributed by atoms with Crippen molar-refractivity contribution in [1.82, 2.24) is 14.9 Å². The molecule has 0 bridgehead atoms. The summed E-state index contributed by atoms with van der Waals surface area (Å²) in [5.74, 6) is 6.06. The summed E-state index contributed by atoms with van der Waals surface area (Å²) in [6.07, 6.45) is 2.86. The summed E-state index contributed by atoms with van der Waals surface area (Å²) in [7, 11) is 0. The van der Waals surface area contributed by atoms with Crippen LogP contribution in [0, 0.1) is 18.8 Å². The second-order valence-electron chi connectivity index (χ2n) is 6.32. The van der Waals surface area contributed by atoms with Gasteiger partial charge in [-0.25, -0.2) is 14.8 Å². The van der Waals surface area contributed by atoms with E-state index in [-0.39, 0.29) is 12.1 Å². The van der Waals surface area contributed by atoms with Crippen molar-refractivity contribution in [3.05, 3.63) is 17.7 Å². The van der Waals surface area contributed by atoms with Crippen LogP contribution in [0.15, 0.2) is 6.33 Å². The number of likely N-dealkylation sites (tertiary alicyclic amines) is 1. The lowest BCUT2D eigenvalue weighted by molar-refractivity contribution is 0.0261. The number of amides is 1. The molecule has 22 heavy (non-hydrogen) atoms. The molecule has 2 rings (SSSR count). The van der Waals surface area contributed by atoms with Crippen LogP contribution >= 0.6 is 0 Å². The minimum atomic E-state index is -0.508. The number of hydrogen-bond donors (Lipinski definition) is 1. The number of nitrogen functional groups attached to an aromatic ring is 1. The first-order valence-corrected chi connectivity index (χ1v) is 7.36. The van der Waals surface area contributed by atoms with Gasteiger partial charge >= 0.3 is 6.09 Å². The highest BCUT2D eigenvalue weighted by Gasteiger charge is 2.31. The molecule has 6 heteroatoms. The van der Waals surface area contributed by atoms with E-state index in [0.29, 0.717) is 23.6 Å². The number of carbonyl (C=O) groups is 1. The van der Waals surface area contributed by atoms with E-state index < -0.39 is 5.60 Å². The van der Waals surface area contributed by atoms with Crippen molar-refractivity contribution in [3.63, 3.8) is 0 Å². The van der Waals surface area contributed by atoms with Crippen LogP contribution in [0.5, 0.6) is 0 Å². The third kappa shape index (κ3) is 3.88. The SMILES string of the molecule is Cc1ncnc(C#C[C@@H]2CCCN2C(=O)OC(C)(C)C)c1N. The maximum Gasteiger partial charge on any atom is 0.411 e. The molecule has 0 aliphatic carbocycles. The van der Waals surface area contributed by atoms with Gasteiger partial charge in [-0.15, -0.1) is 0 Å². The Morgan fingerprint density at radius 2 is 2.18 bits per heavy atom. The van der Waals surface area contributed by atoms with E-state index in [0.717, 1.165) is 12.8 Å². The maximum absolute atomic E-state index is 12.2. The highest BCUT2D eigenvalue weighted by Crippen LogP contribution is 2.20. The summed E-state index contributed by atoms with van der Waals surface area (Å²) < 4.78 is 5.42. The Kier molecular flexibility index (Phi) is 4.55. The van der Waals surface area contributed by atoms with Gasteiger partial charge in [-0.05, 0) is 46.5 Å². The van der Waals surface area contributed by atoms with Gasteiger partial charge in [0.15, 0.2) is 0 Å². The summed E-state index contributed by atoms with van der Waals surface area (Å²) in [6.45, 7) is 8.03. The fraction of sp³-hybridized carbons (Fsp3) is 0.562. The molecule has 118 valence electrons. The molecule has 1 aromatic rings. The van der Waals surface area contributed by atoms with Crippen LogP contribution in [0.1, 0.15) is 45.0 Å². The van der Waals surface area contributed by atoms with Gasteiger partial charge in [0.05, 0.1) is 17.4 Å². The lowest BCUT2D eigenvalue weighted by atomic mass is 10.2. The van der Waals surface area contributed by atoms with Crippen molar-refractivity contribution in [3.8, 4) is 11.8 Å². The number of aryl methyl sites for hydroxylation is 1. The molecule has 1 aliphatic heterocycles. The quantitative estimate of drug-likeness (QED) is 0.742. The van der Waals surface area contributed by atoms with Crippen LogP contribution in [-0.2, 0) is 4.74 Å². The lowest BCUT2D eigenvalue weighted by Gasteiger charge is -2.26. The normalized spacial score (nSPS) is 17.8. The number of hydrogen-bond acceptors (Lipinski definition) is 5. The third-order valence-corrected chi connectivity index (χ3v) is 3.32. The molecule has 1 aliphatic rings. The topological polar surface area (TPSA) is 81.3 Å². The van der Waals surface area contributed by atoms with E-state index in [2.05, 4.69) is 21.8 Å². The van der Waals surface area contributed by atoms with Crippen molar-refractivity contribution >= 4 is 11.8 Å². The van der Waals surface area contributed by atoms with Gasteiger partial charge in [0.1, 0.15) is 17.6 Å². The van der Waals surface area contributed by atoms with Gasteiger partial charge in [-0.1, -0.05) is 5.92 Å². The third-order valence-electron chi connectivity index (χ3n) is 3.32. The molecule has 0 unspecified atom stereocenters. The summed E-state index contributed by atoms with van der Waals surface area (Å²) >= 11 is 0. The van der Waals surface area contributed by atoms with Gasteiger partial charge in [0, 0.05) is 6.54 Å². The van der Waals surface area contributed by atoms with Gasteiger partial charge < -0.3 is 10.5 Å². The van der Waals surface area contributed by atoms with E-state index in [1.54, 1.807) is 4.90 Å². The molecule has 0 radical (unpaired) electrons. The van der Waals surface area contributed by atoms with Crippen LogP contribution in [-0.4, -0.2) is 39.1 Å². The van der Waals surface area contributed by atoms with E-state index in [4.69, 9.17) is 10.5 Å². The standard InChI is InChI=1S/C16H22N4O2/c1-11-14(17)13(19-10-18-11)8-7-12-6-5-9-20(12)15(21)22-16(2,3)4/h10,12H,5-6,9,17H2,1-4H3/t12-/m0/s1. The van der Waals surface area contributed by atoms with Crippen molar-refractivity contribution in [2.24, 2.45) is 0 Å². The first kappa shape index (κ1) is 16.1. The molecule has 2 N–H and O–H groups in total. The molecule has 0 spiro atoms. The van der Waals surface area contributed by atoms with E-state index in [1.807, 2.05) is 27.7 Å². The molecule has 0 saturated carbocycles.